The highest BCUT2D eigenvalue weighted by atomic mass is 32.1. The second-order valence-corrected chi connectivity index (χ2v) is 9.35. The van der Waals surface area contributed by atoms with Crippen molar-refractivity contribution in [3.8, 4) is 0 Å². The Labute approximate surface area is 174 Å². The predicted octanol–water partition coefficient (Wildman–Crippen LogP) is 4.94. The number of hydrogen-bond acceptors (Lipinski definition) is 7. The fourth-order valence-corrected chi connectivity index (χ4v) is 4.48. The number of pyridine rings is 1. The first-order valence-electron chi connectivity index (χ1n) is 9.72. The molecule has 8 heteroatoms. The van der Waals surface area contributed by atoms with E-state index in [0.717, 1.165) is 45.9 Å². The van der Waals surface area contributed by atoms with Gasteiger partial charge in [0.15, 0.2) is 5.13 Å². The minimum absolute atomic E-state index is 0.0200. The summed E-state index contributed by atoms with van der Waals surface area (Å²) in [6.07, 6.45) is 5.12. The quantitative estimate of drug-likeness (QED) is 0.640. The van der Waals surface area contributed by atoms with Gasteiger partial charge in [-0.15, -0.1) is 11.3 Å². The Balaban J connectivity index is 1.62. The Morgan fingerprint density at radius 1 is 1.21 bits per heavy atom. The fraction of sp³-hybridized carbons (Fsp3) is 0.429. The van der Waals surface area contributed by atoms with Gasteiger partial charge >= 0.3 is 0 Å². The van der Waals surface area contributed by atoms with Crippen molar-refractivity contribution in [2.24, 2.45) is 0 Å². The monoisotopic (exact) mass is 412 g/mol. The Hall–Kier alpha value is -2.45. The smallest absolute Gasteiger partial charge is 0.188 e. The van der Waals surface area contributed by atoms with E-state index in [2.05, 4.69) is 34.0 Å². The number of thiazole rings is 1. The van der Waals surface area contributed by atoms with Crippen molar-refractivity contribution in [1.82, 2.24) is 24.8 Å². The van der Waals surface area contributed by atoms with Crippen LogP contribution in [0.2, 0.25) is 0 Å². The van der Waals surface area contributed by atoms with E-state index in [0.29, 0.717) is 6.54 Å². The van der Waals surface area contributed by atoms with E-state index >= 15 is 0 Å². The van der Waals surface area contributed by atoms with Gasteiger partial charge in [0.25, 0.3) is 0 Å². The average molecular weight is 413 g/mol. The minimum atomic E-state index is -0.318. The summed E-state index contributed by atoms with van der Waals surface area (Å²) in [6.45, 7) is 9.09. The number of halogens is 1. The van der Waals surface area contributed by atoms with Crippen LogP contribution in [-0.4, -0.2) is 30.4 Å². The van der Waals surface area contributed by atoms with E-state index in [9.17, 15) is 4.39 Å². The zero-order chi connectivity index (χ0) is 20.6. The van der Waals surface area contributed by atoms with Crippen molar-refractivity contribution in [2.45, 2.75) is 58.7 Å². The first kappa shape index (κ1) is 19.8. The van der Waals surface area contributed by atoms with E-state index < -0.39 is 0 Å². The highest BCUT2D eigenvalue weighted by Gasteiger charge is 2.41. The van der Waals surface area contributed by atoms with Gasteiger partial charge in [-0.3, -0.25) is 9.88 Å². The molecule has 0 amide bonds. The van der Waals surface area contributed by atoms with Crippen molar-refractivity contribution < 1.29 is 4.39 Å². The van der Waals surface area contributed by atoms with E-state index in [1.54, 1.807) is 17.4 Å². The Bertz CT molecular complexity index is 1000. The molecule has 1 aliphatic heterocycles. The lowest BCUT2D eigenvalue weighted by Crippen LogP contribution is -2.39. The van der Waals surface area contributed by atoms with Gasteiger partial charge in [0.05, 0.1) is 17.9 Å². The van der Waals surface area contributed by atoms with E-state index in [-0.39, 0.29) is 17.4 Å². The predicted molar refractivity (Wildman–Crippen MR) is 113 cm³/mol. The summed E-state index contributed by atoms with van der Waals surface area (Å²) in [5, 5.41) is 4.13. The van der Waals surface area contributed by atoms with Gasteiger partial charge < -0.3 is 5.32 Å². The summed E-state index contributed by atoms with van der Waals surface area (Å²) < 4.78 is 13.3. The molecule has 1 atom stereocenters. The number of rotatable bonds is 5. The van der Waals surface area contributed by atoms with Gasteiger partial charge in [0, 0.05) is 34.9 Å². The second-order valence-electron chi connectivity index (χ2n) is 8.12. The van der Waals surface area contributed by atoms with E-state index in [1.165, 1.54) is 12.3 Å². The van der Waals surface area contributed by atoms with Crippen LogP contribution in [0.15, 0.2) is 30.6 Å². The Kier molecular flexibility index (Phi) is 5.31. The summed E-state index contributed by atoms with van der Waals surface area (Å²) in [5.74, 6) is 1.24. The lowest BCUT2D eigenvalue weighted by Gasteiger charge is -2.35. The number of nitrogens with one attached hydrogen (secondary N) is 1. The molecule has 152 valence electrons. The maximum Gasteiger partial charge on any atom is 0.188 e. The highest BCUT2D eigenvalue weighted by Crippen LogP contribution is 2.42. The lowest BCUT2D eigenvalue weighted by molar-refractivity contribution is 0.114. The minimum Gasteiger partial charge on any atom is -0.316 e. The molecule has 29 heavy (non-hydrogen) atoms. The van der Waals surface area contributed by atoms with Gasteiger partial charge in [0.2, 0.25) is 0 Å². The third kappa shape index (κ3) is 4.43. The van der Waals surface area contributed by atoms with Crippen molar-refractivity contribution >= 4 is 22.3 Å². The molecular formula is C21H25FN6S. The summed E-state index contributed by atoms with van der Waals surface area (Å²) in [7, 11) is 0. The molecule has 0 saturated carbocycles. The van der Waals surface area contributed by atoms with Crippen molar-refractivity contribution in [3.63, 3.8) is 0 Å². The molecule has 0 bridgehead atoms. The van der Waals surface area contributed by atoms with Crippen LogP contribution in [-0.2, 0) is 6.54 Å². The highest BCUT2D eigenvalue weighted by molar-refractivity contribution is 7.15. The molecule has 1 fully saturated rings. The van der Waals surface area contributed by atoms with Crippen LogP contribution in [0.1, 0.15) is 54.8 Å². The molecule has 3 aromatic rings. The van der Waals surface area contributed by atoms with Gasteiger partial charge in [-0.05, 0) is 52.7 Å². The van der Waals surface area contributed by atoms with Crippen LogP contribution in [0.4, 0.5) is 15.3 Å². The Morgan fingerprint density at radius 3 is 2.72 bits per heavy atom. The molecule has 6 nitrogen and oxygen atoms in total. The lowest BCUT2D eigenvalue weighted by atomic mass is 10.0. The number of anilines is 2. The molecule has 1 saturated heterocycles. The molecule has 1 N–H and O–H groups in total. The van der Waals surface area contributed by atoms with Crippen LogP contribution >= 0.6 is 11.3 Å². The molecule has 0 aromatic carbocycles. The standard InChI is InChI=1S/C21H25FN6S/c1-13-9-18(27-20-24-10-14(2)29-20)26-19(25-13)17-7-8-21(3,4)28(17)12-16-6-5-15(22)11-23-16/h5-6,9-11,17H,7-8,12H2,1-4H3,(H,24,25,26,27). The molecule has 0 aliphatic carbocycles. The van der Waals surface area contributed by atoms with Crippen molar-refractivity contribution in [2.75, 3.05) is 5.32 Å². The topological polar surface area (TPSA) is 66.8 Å². The third-order valence-corrected chi connectivity index (χ3v) is 6.16. The Morgan fingerprint density at radius 2 is 2.03 bits per heavy atom. The largest absolute Gasteiger partial charge is 0.316 e. The van der Waals surface area contributed by atoms with Crippen molar-refractivity contribution in [3.05, 3.63) is 58.5 Å². The zero-order valence-corrected chi connectivity index (χ0v) is 17.9. The third-order valence-electron chi connectivity index (χ3n) is 5.33. The fourth-order valence-electron chi connectivity index (χ4n) is 3.81. The molecule has 1 aliphatic rings. The normalized spacial score (nSPS) is 18.9. The zero-order valence-electron chi connectivity index (χ0n) is 17.1. The van der Waals surface area contributed by atoms with Gasteiger partial charge in [0.1, 0.15) is 17.5 Å². The number of aryl methyl sites for hydroxylation is 2. The molecule has 3 aromatic heterocycles. The number of aromatic nitrogens is 4. The number of nitrogens with zero attached hydrogens (tertiary/aromatic N) is 5. The number of hydrogen-bond donors (Lipinski definition) is 1. The maximum atomic E-state index is 13.3. The summed E-state index contributed by atoms with van der Waals surface area (Å²) in [6, 6.07) is 5.22. The van der Waals surface area contributed by atoms with Crippen LogP contribution in [0, 0.1) is 19.7 Å². The molecule has 4 rings (SSSR count). The van der Waals surface area contributed by atoms with Gasteiger partial charge in [-0.25, -0.2) is 19.3 Å². The average Bonchev–Trinajstić information content (AvgIpc) is 3.19. The molecular weight excluding hydrogens is 387 g/mol. The van der Waals surface area contributed by atoms with Gasteiger partial charge in [-0.2, -0.15) is 0 Å². The van der Waals surface area contributed by atoms with Crippen LogP contribution in [0.5, 0.6) is 0 Å². The second kappa shape index (κ2) is 7.76. The first-order chi connectivity index (χ1) is 13.8. The SMILES string of the molecule is Cc1cc(Nc2ncc(C)s2)nc(C2CCC(C)(C)N2Cc2ccc(F)cn2)n1. The van der Waals surface area contributed by atoms with E-state index in [4.69, 9.17) is 9.97 Å². The van der Waals surface area contributed by atoms with E-state index in [1.807, 2.05) is 26.1 Å². The van der Waals surface area contributed by atoms with Crippen LogP contribution in [0.25, 0.3) is 0 Å². The molecule has 0 radical (unpaired) electrons. The van der Waals surface area contributed by atoms with Crippen molar-refractivity contribution in [1.29, 1.82) is 0 Å². The first-order valence-corrected chi connectivity index (χ1v) is 10.5. The maximum absolute atomic E-state index is 13.3. The summed E-state index contributed by atoms with van der Waals surface area (Å²) in [4.78, 5) is 21.7. The van der Waals surface area contributed by atoms with Crippen LogP contribution in [0.3, 0.4) is 0 Å². The van der Waals surface area contributed by atoms with Gasteiger partial charge in [-0.1, -0.05) is 0 Å². The molecule has 0 spiro atoms. The summed E-state index contributed by atoms with van der Waals surface area (Å²) >= 11 is 1.60. The molecule has 1 unspecified atom stereocenters. The number of likely N-dealkylation sites (tertiary alicyclic amines) is 1. The molecule has 4 heterocycles. The van der Waals surface area contributed by atoms with Crippen LogP contribution < -0.4 is 5.32 Å². The summed E-state index contributed by atoms with van der Waals surface area (Å²) in [5.41, 5.74) is 1.74.